The molecular weight excluding hydrogens is 328 g/mol. The zero-order chi connectivity index (χ0) is 17.9. The summed E-state index contributed by atoms with van der Waals surface area (Å²) in [5, 5.41) is 11.6. The van der Waals surface area contributed by atoms with Gasteiger partial charge in [0.15, 0.2) is 5.82 Å². The van der Waals surface area contributed by atoms with E-state index in [0.717, 1.165) is 48.7 Å². The van der Waals surface area contributed by atoms with Gasteiger partial charge in [-0.1, -0.05) is 18.2 Å². The molecule has 1 N–H and O–H groups in total. The van der Waals surface area contributed by atoms with Crippen LogP contribution in [0, 0.1) is 0 Å². The summed E-state index contributed by atoms with van der Waals surface area (Å²) in [5.74, 6) is 2.38. The highest BCUT2D eigenvalue weighted by Crippen LogP contribution is 2.25. The SMILES string of the molecule is COc1cccc(C(=O)Nc2cccc(-c3nnc4n3CCCC4)c2)c1. The zero-order valence-corrected chi connectivity index (χ0v) is 14.6. The quantitative estimate of drug-likeness (QED) is 0.783. The van der Waals surface area contributed by atoms with Gasteiger partial charge < -0.3 is 14.6 Å². The molecule has 0 bridgehead atoms. The second kappa shape index (κ2) is 7.00. The van der Waals surface area contributed by atoms with Gasteiger partial charge in [0.05, 0.1) is 7.11 Å². The summed E-state index contributed by atoms with van der Waals surface area (Å²) >= 11 is 0. The predicted molar refractivity (Wildman–Crippen MR) is 99.3 cm³/mol. The number of aryl methyl sites for hydroxylation is 1. The Hall–Kier alpha value is -3.15. The van der Waals surface area contributed by atoms with E-state index in [2.05, 4.69) is 20.1 Å². The highest BCUT2D eigenvalue weighted by Gasteiger charge is 2.17. The first-order valence-corrected chi connectivity index (χ1v) is 8.72. The molecule has 1 aromatic heterocycles. The minimum Gasteiger partial charge on any atom is -0.497 e. The van der Waals surface area contributed by atoms with E-state index in [4.69, 9.17) is 4.74 Å². The third-order valence-corrected chi connectivity index (χ3v) is 4.57. The fraction of sp³-hybridized carbons (Fsp3) is 0.250. The van der Waals surface area contributed by atoms with E-state index >= 15 is 0 Å². The molecule has 0 fully saturated rings. The van der Waals surface area contributed by atoms with Crippen LogP contribution in [-0.2, 0) is 13.0 Å². The molecule has 2 aromatic carbocycles. The highest BCUT2D eigenvalue weighted by molar-refractivity contribution is 6.04. The third-order valence-electron chi connectivity index (χ3n) is 4.57. The van der Waals surface area contributed by atoms with Gasteiger partial charge in [-0.2, -0.15) is 0 Å². The molecule has 0 saturated carbocycles. The first kappa shape index (κ1) is 16.3. The van der Waals surface area contributed by atoms with E-state index < -0.39 is 0 Å². The van der Waals surface area contributed by atoms with Gasteiger partial charge in [0.25, 0.3) is 5.91 Å². The van der Waals surface area contributed by atoms with Crippen molar-refractivity contribution >= 4 is 11.6 Å². The molecule has 1 aliphatic heterocycles. The number of carbonyl (C=O) groups excluding carboxylic acids is 1. The van der Waals surface area contributed by atoms with Gasteiger partial charge in [0, 0.05) is 29.8 Å². The number of amides is 1. The number of nitrogens with zero attached hydrogens (tertiary/aromatic N) is 3. The number of aromatic nitrogens is 3. The Morgan fingerprint density at radius 3 is 2.88 bits per heavy atom. The van der Waals surface area contributed by atoms with Crippen molar-refractivity contribution in [2.45, 2.75) is 25.8 Å². The monoisotopic (exact) mass is 348 g/mol. The standard InChI is InChI=1S/C20H20N4O2/c1-26-17-9-5-7-15(13-17)20(25)21-16-8-4-6-14(12-16)19-23-22-18-10-2-3-11-24(18)19/h4-9,12-13H,2-3,10-11H2,1H3,(H,21,25). The maximum Gasteiger partial charge on any atom is 0.255 e. The van der Waals surface area contributed by atoms with Gasteiger partial charge in [0.2, 0.25) is 0 Å². The maximum absolute atomic E-state index is 12.5. The summed E-state index contributed by atoms with van der Waals surface area (Å²) in [6.07, 6.45) is 3.28. The number of methoxy groups -OCH3 is 1. The van der Waals surface area contributed by atoms with Crippen molar-refractivity contribution in [1.82, 2.24) is 14.8 Å². The van der Waals surface area contributed by atoms with Crippen LogP contribution in [0.4, 0.5) is 5.69 Å². The number of hydrogen-bond acceptors (Lipinski definition) is 4. The summed E-state index contributed by atoms with van der Waals surface area (Å²) in [6, 6.07) is 14.8. The van der Waals surface area contributed by atoms with E-state index in [-0.39, 0.29) is 5.91 Å². The van der Waals surface area contributed by atoms with Crippen molar-refractivity contribution in [3.05, 3.63) is 59.9 Å². The number of benzene rings is 2. The van der Waals surface area contributed by atoms with Gasteiger partial charge in [-0.05, 0) is 43.2 Å². The Kier molecular flexibility index (Phi) is 4.39. The van der Waals surface area contributed by atoms with Crippen LogP contribution in [0.3, 0.4) is 0 Å². The van der Waals surface area contributed by atoms with Crippen LogP contribution in [0.25, 0.3) is 11.4 Å². The summed E-state index contributed by atoms with van der Waals surface area (Å²) in [4.78, 5) is 12.5. The van der Waals surface area contributed by atoms with Crippen LogP contribution < -0.4 is 10.1 Å². The molecule has 0 spiro atoms. The lowest BCUT2D eigenvalue weighted by molar-refractivity contribution is 0.102. The smallest absolute Gasteiger partial charge is 0.255 e. The number of nitrogens with one attached hydrogen (secondary N) is 1. The predicted octanol–water partition coefficient (Wildman–Crippen LogP) is 3.54. The Labute approximate surface area is 151 Å². The molecule has 1 aliphatic rings. The molecule has 26 heavy (non-hydrogen) atoms. The maximum atomic E-state index is 12.5. The number of ether oxygens (including phenoxy) is 1. The fourth-order valence-corrected chi connectivity index (χ4v) is 3.23. The lowest BCUT2D eigenvalue weighted by Crippen LogP contribution is -2.13. The van der Waals surface area contributed by atoms with Crippen molar-refractivity contribution in [3.8, 4) is 17.1 Å². The summed E-state index contributed by atoms with van der Waals surface area (Å²) in [5.41, 5.74) is 2.23. The number of anilines is 1. The molecule has 132 valence electrons. The molecule has 6 heteroatoms. The third kappa shape index (κ3) is 3.18. The van der Waals surface area contributed by atoms with Gasteiger partial charge in [-0.3, -0.25) is 4.79 Å². The second-order valence-electron chi connectivity index (χ2n) is 6.32. The molecule has 6 nitrogen and oxygen atoms in total. The number of rotatable bonds is 4. The molecule has 0 saturated heterocycles. The molecular formula is C20H20N4O2. The minimum atomic E-state index is -0.177. The fourth-order valence-electron chi connectivity index (χ4n) is 3.23. The van der Waals surface area contributed by atoms with Crippen molar-refractivity contribution in [2.24, 2.45) is 0 Å². The first-order chi connectivity index (χ1) is 12.7. The van der Waals surface area contributed by atoms with E-state index in [9.17, 15) is 4.79 Å². The normalized spacial score (nSPS) is 13.1. The number of hydrogen-bond donors (Lipinski definition) is 1. The van der Waals surface area contributed by atoms with Gasteiger partial charge in [-0.25, -0.2) is 0 Å². The number of carbonyl (C=O) groups is 1. The molecule has 0 radical (unpaired) electrons. The van der Waals surface area contributed by atoms with Crippen LogP contribution >= 0.6 is 0 Å². The molecule has 0 unspecified atom stereocenters. The van der Waals surface area contributed by atoms with Gasteiger partial charge >= 0.3 is 0 Å². The van der Waals surface area contributed by atoms with Crippen LogP contribution in [-0.4, -0.2) is 27.8 Å². The van der Waals surface area contributed by atoms with E-state index in [1.165, 1.54) is 0 Å². The zero-order valence-electron chi connectivity index (χ0n) is 14.6. The topological polar surface area (TPSA) is 69.0 Å². The Morgan fingerprint density at radius 1 is 1.12 bits per heavy atom. The molecule has 1 amide bonds. The Morgan fingerprint density at radius 2 is 2.00 bits per heavy atom. The van der Waals surface area contributed by atoms with Crippen LogP contribution in [0.1, 0.15) is 29.0 Å². The summed E-state index contributed by atoms with van der Waals surface area (Å²) in [6.45, 7) is 0.943. The summed E-state index contributed by atoms with van der Waals surface area (Å²) < 4.78 is 7.35. The lowest BCUT2D eigenvalue weighted by atomic mass is 10.1. The largest absolute Gasteiger partial charge is 0.497 e. The Bertz CT molecular complexity index is 948. The first-order valence-electron chi connectivity index (χ1n) is 8.72. The summed E-state index contributed by atoms with van der Waals surface area (Å²) in [7, 11) is 1.58. The average Bonchev–Trinajstić information content (AvgIpc) is 3.12. The average molecular weight is 348 g/mol. The highest BCUT2D eigenvalue weighted by atomic mass is 16.5. The molecule has 4 rings (SSSR count). The van der Waals surface area contributed by atoms with E-state index in [0.29, 0.717) is 11.3 Å². The van der Waals surface area contributed by atoms with Crippen molar-refractivity contribution < 1.29 is 9.53 Å². The molecule has 3 aromatic rings. The number of fused-ring (bicyclic) bond motifs is 1. The van der Waals surface area contributed by atoms with E-state index in [1.54, 1.807) is 25.3 Å². The van der Waals surface area contributed by atoms with Gasteiger partial charge in [0.1, 0.15) is 11.6 Å². The molecule has 2 heterocycles. The van der Waals surface area contributed by atoms with E-state index in [1.807, 2.05) is 30.3 Å². The molecule has 0 aliphatic carbocycles. The van der Waals surface area contributed by atoms with Crippen molar-refractivity contribution in [1.29, 1.82) is 0 Å². The van der Waals surface area contributed by atoms with Crippen LogP contribution in [0.15, 0.2) is 48.5 Å². The Balaban J connectivity index is 1.58. The molecule has 0 atom stereocenters. The minimum absolute atomic E-state index is 0.177. The second-order valence-corrected chi connectivity index (χ2v) is 6.32. The van der Waals surface area contributed by atoms with Crippen molar-refractivity contribution in [2.75, 3.05) is 12.4 Å². The van der Waals surface area contributed by atoms with Crippen molar-refractivity contribution in [3.63, 3.8) is 0 Å². The van der Waals surface area contributed by atoms with Crippen LogP contribution in [0.5, 0.6) is 5.75 Å². The lowest BCUT2D eigenvalue weighted by Gasteiger charge is -2.15. The van der Waals surface area contributed by atoms with Gasteiger partial charge in [-0.15, -0.1) is 10.2 Å². The van der Waals surface area contributed by atoms with Crippen LogP contribution in [0.2, 0.25) is 0 Å².